The van der Waals surface area contributed by atoms with E-state index in [0.717, 1.165) is 17.3 Å². The van der Waals surface area contributed by atoms with E-state index in [9.17, 15) is 9.59 Å². The normalized spacial score (nSPS) is 10.5. The molecule has 1 N–H and O–H groups in total. The van der Waals surface area contributed by atoms with Gasteiger partial charge in [-0.25, -0.2) is 4.79 Å². The Morgan fingerprint density at radius 3 is 2.29 bits per heavy atom. The third-order valence-corrected chi connectivity index (χ3v) is 2.32. The molecule has 0 radical (unpaired) electrons. The van der Waals surface area contributed by atoms with Crippen molar-refractivity contribution < 1.29 is 14.7 Å². The second-order valence-corrected chi connectivity index (χ2v) is 3.53. The van der Waals surface area contributed by atoms with Gasteiger partial charge in [0.2, 0.25) is 5.91 Å². The van der Waals surface area contributed by atoms with Crippen LogP contribution in [0.2, 0.25) is 0 Å². The molecule has 1 aromatic rings. The van der Waals surface area contributed by atoms with E-state index in [4.69, 9.17) is 5.11 Å². The Labute approximate surface area is 100 Å². The fourth-order valence-corrected chi connectivity index (χ4v) is 1.52. The number of carboxylic acids is 1. The standard InChI is InChI=1S/C13H15NO3/c1-3-14(10(2)15)12-7-4-11(5-8-12)6-9-13(16)17/h4-9H,3H2,1-2H3,(H,16,17). The molecule has 90 valence electrons. The van der Waals surface area contributed by atoms with Gasteiger partial charge in [-0.15, -0.1) is 0 Å². The number of aliphatic carboxylic acids is 1. The number of rotatable bonds is 4. The summed E-state index contributed by atoms with van der Waals surface area (Å²) in [5, 5.41) is 8.49. The molecule has 0 saturated heterocycles. The van der Waals surface area contributed by atoms with Gasteiger partial charge in [-0.3, -0.25) is 4.79 Å². The minimum absolute atomic E-state index is 0.0127. The highest BCUT2D eigenvalue weighted by Gasteiger charge is 2.07. The summed E-state index contributed by atoms with van der Waals surface area (Å²) in [7, 11) is 0. The number of carboxylic acid groups (broad SMARTS) is 1. The molecular formula is C13H15NO3. The van der Waals surface area contributed by atoms with E-state index in [-0.39, 0.29) is 5.91 Å². The minimum atomic E-state index is -0.979. The molecule has 0 unspecified atom stereocenters. The first kappa shape index (κ1) is 13.0. The van der Waals surface area contributed by atoms with Crippen molar-refractivity contribution in [1.82, 2.24) is 0 Å². The molecule has 0 aliphatic carbocycles. The van der Waals surface area contributed by atoms with Crippen molar-refractivity contribution in [3.8, 4) is 0 Å². The summed E-state index contributed by atoms with van der Waals surface area (Å²) in [5.74, 6) is -0.991. The van der Waals surface area contributed by atoms with Gasteiger partial charge in [0, 0.05) is 25.2 Å². The monoisotopic (exact) mass is 233 g/mol. The van der Waals surface area contributed by atoms with Crippen LogP contribution in [-0.2, 0) is 9.59 Å². The van der Waals surface area contributed by atoms with E-state index in [0.29, 0.717) is 6.54 Å². The predicted molar refractivity (Wildman–Crippen MR) is 66.8 cm³/mol. The van der Waals surface area contributed by atoms with Crippen LogP contribution in [0.3, 0.4) is 0 Å². The van der Waals surface area contributed by atoms with Gasteiger partial charge in [0.25, 0.3) is 0 Å². The number of hydrogen-bond donors (Lipinski definition) is 1. The van der Waals surface area contributed by atoms with Crippen LogP contribution in [0.15, 0.2) is 30.3 Å². The highest BCUT2D eigenvalue weighted by Crippen LogP contribution is 2.16. The first-order valence-electron chi connectivity index (χ1n) is 5.33. The van der Waals surface area contributed by atoms with Crippen LogP contribution in [0.1, 0.15) is 19.4 Å². The number of benzene rings is 1. The van der Waals surface area contributed by atoms with Crippen molar-refractivity contribution >= 4 is 23.6 Å². The first-order valence-corrected chi connectivity index (χ1v) is 5.33. The zero-order chi connectivity index (χ0) is 12.8. The highest BCUT2D eigenvalue weighted by molar-refractivity contribution is 5.91. The van der Waals surface area contributed by atoms with Crippen LogP contribution < -0.4 is 4.90 Å². The summed E-state index contributed by atoms with van der Waals surface area (Å²) in [6.45, 7) is 4.03. The van der Waals surface area contributed by atoms with Crippen LogP contribution in [-0.4, -0.2) is 23.5 Å². The summed E-state index contributed by atoms with van der Waals surface area (Å²) < 4.78 is 0. The molecule has 1 amide bonds. The maximum Gasteiger partial charge on any atom is 0.328 e. The second-order valence-electron chi connectivity index (χ2n) is 3.53. The lowest BCUT2D eigenvalue weighted by molar-refractivity contribution is -0.131. The number of hydrogen-bond acceptors (Lipinski definition) is 2. The molecule has 1 aromatic carbocycles. The van der Waals surface area contributed by atoms with Crippen LogP contribution in [0.4, 0.5) is 5.69 Å². The fourth-order valence-electron chi connectivity index (χ4n) is 1.52. The van der Waals surface area contributed by atoms with Crippen LogP contribution in [0, 0.1) is 0 Å². The largest absolute Gasteiger partial charge is 0.478 e. The van der Waals surface area contributed by atoms with Crippen LogP contribution in [0.25, 0.3) is 6.08 Å². The molecule has 0 spiro atoms. The lowest BCUT2D eigenvalue weighted by Crippen LogP contribution is -2.27. The van der Waals surface area contributed by atoms with E-state index >= 15 is 0 Å². The van der Waals surface area contributed by atoms with Gasteiger partial charge in [0.15, 0.2) is 0 Å². The maximum atomic E-state index is 11.3. The zero-order valence-corrected chi connectivity index (χ0v) is 9.88. The Morgan fingerprint density at radius 1 is 1.29 bits per heavy atom. The zero-order valence-electron chi connectivity index (χ0n) is 9.88. The molecule has 17 heavy (non-hydrogen) atoms. The number of amides is 1. The Kier molecular flexibility index (Phi) is 4.46. The number of nitrogens with zero attached hydrogens (tertiary/aromatic N) is 1. The van der Waals surface area contributed by atoms with E-state index in [1.54, 1.807) is 29.2 Å². The van der Waals surface area contributed by atoms with Gasteiger partial charge in [-0.05, 0) is 30.7 Å². The van der Waals surface area contributed by atoms with Crippen LogP contribution >= 0.6 is 0 Å². The number of carbonyl (C=O) groups excluding carboxylic acids is 1. The highest BCUT2D eigenvalue weighted by atomic mass is 16.4. The van der Waals surface area contributed by atoms with E-state index < -0.39 is 5.97 Å². The molecule has 0 atom stereocenters. The second kappa shape index (κ2) is 5.84. The Bertz CT molecular complexity index is 434. The van der Waals surface area contributed by atoms with Gasteiger partial charge in [-0.1, -0.05) is 12.1 Å². The van der Waals surface area contributed by atoms with Crippen molar-refractivity contribution in [2.24, 2.45) is 0 Å². The van der Waals surface area contributed by atoms with Gasteiger partial charge in [0.05, 0.1) is 0 Å². The van der Waals surface area contributed by atoms with E-state index in [1.165, 1.54) is 13.0 Å². The van der Waals surface area contributed by atoms with Crippen molar-refractivity contribution in [3.05, 3.63) is 35.9 Å². The summed E-state index contributed by atoms with van der Waals surface area (Å²) in [4.78, 5) is 23.3. The maximum absolute atomic E-state index is 11.3. The van der Waals surface area contributed by atoms with Crippen molar-refractivity contribution in [1.29, 1.82) is 0 Å². The Hall–Kier alpha value is -2.10. The number of anilines is 1. The molecule has 0 heterocycles. The molecule has 4 heteroatoms. The average molecular weight is 233 g/mol. The minimum Gasteiger partial charge on any atom is -0.478 e. The van der Waals surface area contributed by atoms with Crippen molar-refractivity contribution in [3.63, 3.8) is 0 Å². The Morgan fingerprint density at radius 2 is 1.88 bits per heavy atom. The van der Waals surface area contributed by atoms with Crippen LogP contribution in [0.5, 0.6) is 0 Å². The third kappa shape index (κ3) is 3.75. The fraction of sp³-hybridized carbons (Fsp3) is 0.231. The first-order chi connectivity index (χ1) is 8.04. The number of carbonyl (C=O) groups is 2. The van der Waals surface area contributed by atoms with Gasteiger partial charge in [0.1, 0.15) is 0 Å². The summed E-state index contributed by atoms with van der Waals surface area (Å²) in [6.07, 6.45) is 2.59. The summed E-state index contributed by atoms with van der Waals surface area (Å²) >= 11 is 0. The smallest absolute Gasteiger partial charge is 0.328 e. The van der Waals surface area contributed by atoms with Gasteiger partial charge < -0.3 is 10.0 Å². The molecule has 0 aliphatic rings. The lowest BCUT2D eigenvalue weighted by atomic mass is 10.2. The van der Waals surface area contributed by atoms with E-state index in [2.05, 4.69) is 0 Å². The molecule has 0 bridgehead atoms. The Balaban J connectivity index is 2.87. The molecule has 4 nitrogen and oxygen atoms in total. The molecule has 0 fully saturated rings. The molecule has 0 aliphatic heterocycles. The molecular weight excluding hydrogens is 218 g/mol. The van der Waals surface area contributed by atoms with Gasteiger partial charge in [-0.2, -0.15) is 0 Å². The van der Waals surface area contributed by atoms with Crippen molar-refractivity contribution in [2.45, 2.75) is 13.8 Å². The summed E-state index contributed by atoms with van der Waals surface area (Å²) in [5.41, 5.74) is 1.60. The quantitative estimate of drug-likeness (QED) is 0.811. The molecule has 1 rings (SSSR count). The predicted octanol–water partition coefficient (Wildman–Crippen LogP) is 2.16. The van der Waals surface area contributed by atoms with E-state index in [1.807, 2.05) is 6.92 Å². The molecule has 0 saturated carbocycles. The van der Waals surface area contributed by atoms with Gasteiger partial charge >= 0.3 is 5.97 Å². The average Bonchev–Trinajstić information content (AvgIpc) is 2.28. The SMILES string of the molecule is CCN(C(C)=O)c1ccc(C=CC(=O)O)cc1. The molecule has 0 aromatic heterocycles. The van der Waals surface area contributed by atoms with Crippen molar-refractivity contribution in [2.75, 3.05) is 11.4 Å². The lowest BCUT2D eigenvalue weighted by Gasteiger charge is -2.18. The third-order valence-electron chi connectivity index (χ3n) is 2.32. The summed E-state index contributed by atoms with van der Waals surface area (Å²) in [6, 6.07) is 7.15. The topological polar surface area (TPSA) is 57.6 Å².